The maximum atomic E-state index is 11.1. The Hall–Kier alpha value is -4.01. The number of rotatable bonds is 4. The van der Waals surface area contributed by atoms with Crippen molar-refractivity contribution < 1.29 is 4.79 Å². The highest BCUT2D eigenvalue weighted by Crippen LogP contribution is 2.27. The van der Waals surface area contributed by atoms with Crippen LogP contribution in [0.5, 0.6) is 0 Å². The van der Waals surface area contributed by atoms with Crippen LogP contribution in [0.4, 0.5) is 22.9 Å². The molecule has 0 atom stereocenters. The number of hydrogen-bond donors (Lipinski definition) is 3. The summed E-state index contributed by atoms with van der Waals surface area (Å²) < 4.78 is 1.58. The van der Waals surface area contributed by atoms with Gasteiger partial charge in [-0.1, -0.05) is 17.3 Å². The summed E-state index contributed by atoms with van der Waals surface area (Å²) in [6.07, 6.45) is 1.41. The number of fused-ring (bicyclic) bond motifs is 1. The van der Waals surface area contributed by atoms with E-state index in [1.54, 1.807) is 16.8 Å². The number of benzene rings is 2. The smallest absolute Gasteiger partial charge is 0.221 e. The number of carbonyl (C=O) groups is 1. The maximum Gasteiger partial charge on any atom is 0.221 e. The van der Waals surface area contributed by atoms with Crippen LogP contribution >= 0.6 is 0 Å². The van der Waals surface area contributed by atoms with Crippen LogP contribution in [0.1, 0.15) is 6.92 Å². The molecule has 0 aliphatic rings. The predicted octanol–water partition coefficient (Wildman–Crippen LogP) is 2.49. The Morgan fingerprint density at radius 3 is 2.56 bits per heavy atom. The Kier molecular flexibility index (Phi) is 4.09. The summed E-state index contributed by atoms with van der Waals surface area (Å²) in [4.78, 5) is 19.6. The van der Waals surface area contributed by atoms with Crippen molar-refractivity contribution in [3.63, 3.8) is 0 Å². The summed E-state index contributed by atoms with van der Waals surface area (Å²) in [6.45, 7) is 1.46. The summed E-state index contributed by atoms with van der Waals surface area (Å²) in [6, 6.07) is 14.8. The summed E-state index contributed by atoms with van der Waals surface area (Å²) in [7, 11) is 0. The van der Waals surface area contributed by atoms with E-state index in [2.05, 4.69) is 30.9 Å². The molecule has 1 amide bonds. The fraction of sp³-hybridized carbons (Fsp3) is 0.0556. The van der Waals surface area contributed by atoms with Crippen molar-refractivity contribution in [2.45, 2.75) is 6.92 Å². The van der Waals surface area contributed by atoms with E-state index < -0.39 is 0 Å². The first-order valence-electron chi connectivity index (χ1n) is 8.18. The molecule has 0 saturated heterocycles. The molecule has 0 fully saturated rings. The Balaban J connectivity index is 1.65. The number of nitrogens with two attached hydrogens (primary N) is 1. The number of carbonyl (C=O) groups excluding carboxylic acids is 1. The van der Waals surface area contributed by atoms with Crippen LogP contribution < -0.4 is 16.4 Å². The highest BCUT2D eigenvalue weighted by molar-refractivity contribution is 5.89. The van der Waals surface area contributed by atoms with Crippen molar-refractivity contribution in [1.29, 1.82) is 0 Å². The molecular formula is C18H16N8O. The van der Waals surface area contributed by atoms with E-state index >= 15 is 0 Å². The van der Waals surface area contributed by atoms with E-state index in [1.807, 2.05) is 36.4 Å². The summed E-state index contributed by atoms with van der Waals surface area (Å²) in [5.74, 6) is 0.767. The zero-order chi connectivity index (χ0) is 18.8. The number of nitrogen functional groups attached to an aromatic ring is 1. The van der Waals surface area contributed by atoms with Crippen molar-refractivity contribution in [2.75, 3.05) is 16.4 Å². The quantitative estimate of drug-likeness (QED) is 0.511. The molecule has 9 nitrogen and oxygen atoms in total. The summed E-state index contributed by atoms with van der Waals surface area (Å²) in [5.41, 5.74) is 9.65. The highest BCUT2D eigenvalue weighted by Gasteiger charge is 2.14. The topological polar surface area (TPSA) is 124 Å². The fourth-order valence-electron chi connectivity index (χ4n) is 2.66. The van der Waals surface area contributed by atoms with Gasteiger partial charge in [-0.3, -0.25) is 4.79 Å². The van der Waals surface area contributed by atoms with Crippen molar-refractivity contribution in [1.82, 2.24) is 25.0 Å². The molecule has 4 rings (SSSR count). The normalized spacial score (nSPS) is 10.7. The Morgan fingerprint density at radius 1 is 1.04 bits per heavy atom. The Morgan fingerprint density at radius 2 is 1.78 bits per heavy atom. The molecule has 2 aromatic heterocycles. The van der Waals surface area contributed by atoms with Crippen LogP contribution in [0, 0.1) is 0 Å². The number of nitrogens with zero attached hydrogens (tertiary/aromatic N) is 5. The standard InChI is InChI=1S/C18H16N8O/c1-11(27)22-12-6-8-13(9-7-12)23-17-16(19)18(21-10-20-17)26-15-5-3-2-4-14(15)24-25-26/h2-10H,19H2,1H3,(H,22,27)(H,20,21,23). The minimum Gasteiger partial charge on any atom is -0.393 e. The molecule has 4 aromatic rings. The third kappa shape index (κ3) is 3.25. The molecule has 4 N–H and O–H groups in total. The van der Waals surface area contributed by atoms with E-state index in [1.165, 1.54) is 13.3 Å². The first-order valence-corrected chi connectivity index (χ1v) is 8.18. The van der Waals surface area contributed by atoms with Gasteiger partial charge in [0.15, 0.2) is 11.6 Å². The van der Waals surface area contributed by atoms with Crippen LogP contribution in [0.2, 0.25) is 0 Å². The van der Waals surface area contributed by atoms with Gasteiger partial charge in [-0.25, -0.2) is 9.97 Å². The average Bonchev–Trinajstić information content (AvgIpc) is 3.09. The highest BCUT2D eigenvalue weighted by atomic mass is 16.1. The molecular weight excluding hydrogens is 344 g/mol. The SMILES string of the molecule is CC(=O)Nc1ccc(Nc2ncnc(-n3nnc4ccccc43)c2N)cc1. The molecule has 9 heteroatoms. The monoisotopic (exact) mass is 360 g/mol. The van der Waals surface area contributed by atoms with E-state index in [0.29, 0.717) is 23.0 Å². The largest absolute Gasteiger partial charge is 0.393 e. The molecule has 2 aromatic carbocycles. The zero-order valence-corrected chi connectivity index (χ0v) is 14.4. The average molecular weight is 360 g/mol. The molecule has 0 aliphatic carbocycles. The second kappa shape index (κ2) is 6.71. The van der Waals surface area contributed by atoms with Gasteiger partial charge in [0.1, 0.15) is 17.5 Å². The van der Waals surface area contributed by atoms with Crippen molar-refractivity contribution in [3.8, 4) is 5.82 Å². The van der Waals surface area contributed by atoms with Gasteiger partial charge in [0, 0.05) is 18.3 Å². The second-order valence-electron chi connectivity index (χ2n) is 5.83. The number of hydrogen-bond acceptors (Lipinski definition) is 7. The Bertz CT molecular complexity index is 1120. The molecule has 0 bridgehead atoms. The first-order chi connectivity index (χ1) is 13.1. The lowest BCUT2D eigenvalue weighted by Crippen LogP contribution is -2.09. The number of anilines is 4. The van der Waals surface area contributed by atoms with Gasteiger partial charge in [-0.15, -0.1) is 5.10 Å². The van der Waals surface area contributed by atoms with Crippen molar-refractivity contribution in [3.05, 3.63) is 54.9 Å². The lowest BCUT2D eigenvalue weighted by atomic mass is 10.2. The third-order valence-electron chi connectivity index (χ3n) is 3.88. The van der Waals surface area contributed by atoms with Crippen molar-refractivity contribution in [2.24, 2.45) is 0 Å². The molecule has 0 radical (unpaired) electrons. The van der Waals surface area contributed by atoms with Crippen LogP contribution in [0.25, 0.3) is 16.9 Å². The lowest BCUT2D eigenvalue weighted by Gasteiger charge is -2.11. The molecule has 0 aliphatic heterocycles. The summed E-state index contributed by atoms with van der Waals surface area (Å²) in [5, 5.41) is 14.1. The first kappa shape index (κ1) is 16.5. The van der Waals surface area contributed by atoms with Gasteiger partial charge in [0.05, 0.1) is 5.52 Å². The van der Waals surface area contributed by atoms with Gasteiger partial charge in [0.25, 0.3) is 0 Å². The Labute approximate surface area is 154 Å². The van der Waals surface area contributed by atoms with Gasteiger partial charge < -0.3 is 16.4 Å². The molecule has 2 heterocycles. The predicted molar refractivity (Wildman–Crippen MR) is 103 cm³/mol. The third-order valence-corrected chi connectivity index (χ3v) is 3.88. The zero-order valence-electron chi connectivity index (χ0n) is 14.4. The van der Waals surface area contributed by atoms with Crippen LogP contribution in [0.15, 0.2) is 54.9 Å². The van der Waals surface area contributed by atoms with Gasteiger partial charge >= 0.3 is 0 Å². The lowest BCUT2D eigenvalue weighted by molar-refractivity contribution is -0.114. The van der Waals surface area contributed by atoms with Gasteiger partial charge in [-0.2, -0.15) is 4.68 Å². The molecule has 27 heavy (non-hydrogen) atoms. The van der Waals surface area contributed by atoms with Crippen LogP contribution in [-0.2, 0) is 4.79 Å². The minimum atomic E-state index is -0.125. The van der Waals surface area contributed by atoms with Gasteiger partial charge in [0.2, 0.25) is 5.91 Å². The number of aromatic nitrogens is 5. The van der Waals surface area contributed by atoms with Gasteiger partial charge in [-0.05, 0) is 36.4 Å². The second-order valence-corrected chi connectivity index (χ2v) is 5.83. The number of para-hydroxylation sites is 1. The minimum absolute atomic E-state index is 0.125. The van der Waals surface area contributed by atoms with Crippen LogP contribution in [0.3, 0.4) is 0 Å². The van der Waals surface area contributed by atoms with E-state index in [4.69, 9.17) is 5.73 Å². The summed E-state index contributed by atoms with van der Waals surface area (Å²) >= 11 is 0. The maximum absolute atomic E-state index is 11.1. The number of nitrogens with one attached hydrogen (secondary N) is 2. The molecule has 134 valence electrons. The fourth-order valence-corrected chi connectivity index (χ4v) is 2.66. The van der Waals surface area contributed by atoms with E-state index in [0.717, 1.165) is 16.7 Å². The molecule has 0 unspecified atom stereocenters. The van der Waals surface area contributed by atoms with E-state index in [-0.39, 0.29) is 5.91 Å². The number of amides is 1. The van der Waals surface area contributed by atoms with Crippen LogP contribution in [-0.4, -0.2) is 30.9 Å². The molecule has 0 spiro atoms. The van der Waals surface area contributed by atoms with E-state index in [9.17, 15) is 4.79 Å². The van der Waals surface area contributed by atoms with Crippen molar-refractivity contribution >= 4 is 39.8 Å². The molecule has 0 saturated carbocycles.